The third kappa shape index (κ3) is 5.59. The first-order valence-electron chi connectivity index (χ1n) is 10.00. The van der Waals surface area contributed by atoms with Crippen molar-refractivity contribution in [2.75, 3.05) is 39.5 Å². The van der Waals surface area contributed by atoms with E-state index in [0.29, 0.717) is 32.1 Å². The van der Waals surface area contributed by atoms with Crippen molar-refractivity contribution in [3.8, 4) is 11.5 Å². The van der Waals surface area contributed by atoms with Gasteiger partial charge in [0.2, 0.25) is 5.91 Å². The highest BCUT2D eigenvalue weighted by molar-refractivity contribution is 5.91. The topological polar surface area (TPSA) is 60.0 Å². The minimum Gasteiger partial charge on any atom is -0.486 e. The average Bonchev–Trinajstić information content (AvgIpc) is 2.77. The van der Waals surface area contributed by atoms with Crippen molar-refractivity contribution in [3.63, 3.8) is 0 Å². The number of amides is 1. The van der Waals surface area contributed by atoms with E-state index in [1.165, 1.54) is 11.6 Å². The van der Waals surface area contributed by atoms with Crippen LogP contribution in [-0.2, 0) is 16.1 Å². The molecule has 1 atom stereocenters. The summed E-state index contributed by atoms with van der Waals surface area (Å²) in [4.78, 5) is 14.6. The number of hydrogen-bond donors (Lipinski definition) is 1. The largest absolute Gasteiger partial charge is 0.486 e. The van der Waals surface area contributed by atoms with E-state index in [4.69, 9.17) is 14.2 Å². The van der Waals surface area contributed by atoms with Crippen LogP contribution >= 0.6 is 0 Å². The summed E-state index contributed by atoms with van der Waals surface area (Å²) in [6, 6.07) is 16.1. The number of fused-ring (bicyclic) bond motifs is 1. The van der Waals surface area contributed by atoms with E-state index in [2.05, 4.69) is 34.5 Å². The van der Waals surface area contributed by atoms with Crippen LogP contribution in [0.4, 0.5) is 0 Å². The maximum Gasteiger partial charge on any atom is 0.244 e. The van der Waals surface area contributed by atoms with Crippen molar-refractivity contribution < 1.29 is 19.0 Å². The Morgan fingerprint density at radius 2 is 1.90 bits per heavy atom. The average molecular weight is 394 g/mol. The van der Waals surface area contributed by atoms with Crippen molar-refractivity contribution >= 4 is 12.0 Å². The normalized spacial score (nSPS) is 19.2. The molecule has 1 amide bonds. The number of ether oxygens (including phenoxy) is 3. The quantitative estimate of drug-likeness (QED) is 0.763. The smallest absolute Gasteiger partial charge is 0.244 e. The van der Waals surface area contributed by atoms with Crippen LogP contribution in [0.15, 0.2) is 54.6 Å². The summed E-state index contributed by atoms with van der Waals surface area (Å²) in [5.41, 5.74) is 2.19. The Kier molecular flexibility index (Phi) is 6.44. The summed E-state index contributed by atoms with van der Waals surface area (Å²) >= 11 is 0. The maximum absolute atomic E-state index is 12.2. The Hall–Kier alpha value is -2.83. The molecule has 0 aromatic heterocycles. The van der Waals surface area contributed by atoms with Crippen molar-refractivity contribution in [2.45, 2.75) is 12.6 Å². The first-order valence-corrected chi connectivity index (χ1v) is 10.00. The Bertz CT molecular complexity index is 853. The molecule has 0 spiro atoms. The summed E-state index contributed by atoms with van der Waals surface area (Å²) in [6.07, 6.45) is 3.31. The number of nitrogens with zero attached hydrogens (tertiary/aromatic N) is 1. The van der Waals surface area contributed by atoms with Gasteiger partial charge in [-0.3, -0.25) is 9.69 Å². The molecule has 1 unspecified atom stereocenters. The van der Waals surface area contributed by atoms with Crippen LogP contribution in [0.5, 0.6) is 11.5 Å². The van der Waals surface area contributed by atoms with Gasteiger partial charge in [0.25, 0.3) is 0 Å². The van der Waals surface area contributed by atoms with Gasteiger partial charge in [0.1, 0.15) is 13.2 Å². The van der Waals surface area contributed by atoms with Crippen molar-refractivity contribution in [1.82, 2.24) is 10.2 Å². The molecule has 2 aromatic rings. The van der Waals surface area contributed by atoms with Gasteiger partial charge in [0.05, 0.1) is 12.7 Å². The molecular formula is C23H26N2O4. The molecule has 6 nitrogen and oxygen atoms in total. The van der Waals surface area contributed by atoms with E-state index in [9.17, 15) is 4.79 Å². The highest BCUT2D eigenvalue weighted by Gasteiger charge is 2.20. The van der Waals surface area contributed by atoms with Gasteiger partial charge in [-0.25, -0.2) is 0 Å². The molecule has 1 N–H and O–H groups in total. The fraction of sp³-hybridized carbons (Fsp3) is 0.348. The highest BCUT2D eigenvalue weighted by Crippen LogP contribution is 2.31. The minimum absolute atomic E-state index is 0.000828. The van der Waals surface area contributed by atoms with E-state index < -0.39 is 0 Å². The Morgan fingerprint density at radius 1 is 1.07 bits per heavy atom. The lowest BCUT2D eigenvalue weighted by molar-refractivity contribution is -0.117. The van der Waals surface area contributed by atoms with Crippen LogP contribution in [0.2, 0.25) is 0 Å². The Labute approximate surface area is 171 Å². The first-order chi connectivity index (χ1) is 14.3. The minimum atomic E-state index is -0.135. The molecule has 1 fully saturated rings. The van der Waals surface area contributed by atoms with Crippen LogP contribution < -0.4 is 14.8 Å². The maximum atomic E-state index is 12.2. The molecule has 4 rings (SSSR count). The zero-order valence-electron chi connectivity index (χ0n) is 16.4. The summed E-state index contributed by atoms with van der Waals surface area (Å²) in [5.74, 6) is 1.32. The predicted molar refractivity (Wildman–Crippen MR) is 111 cm³/mol. The number of hydrogen-bond acceptors (Lipinski definition) is 5. The molecule has 2 aliphatic heterocycles. The molecule has 0 aliphatic carbocycles. The monoisotopic (exact) mass is 394 g/mol. The predicted octanol–water partition coefficient (Wildman–Crippen LogP) is 2.49. The van der Waals surface area contributed by atoms with Crippen molar-refractivity contribution in [1.29, 1.82) is 0 Å². The zero-order chi connectivity index (χ0) is 19.9. The lowest BCUT2D eigenvalue weighted by Gasteiger charge is -2.33. The Balaban J connectivity index is 1.24. The van der Waals surface area contributed by atoms with Crippen LogP contribution in [-0.4, -0.2) is 56.4 Å². The Morgan fingerprint density at radius 3 is 2.76 bits per heavy atom. The van der Waals surface area contributed by atoms with E-state index in [1.54, 1.807) is 6.08 Å². The van der Waals surface area contributed by atoms with Crippen LogP contribution in [0.3, 0.4) is 0 Å². The SMILES string of the molecule is O=C(/C=C/c1ccc2c(c1)OCCO2)NCC1CN(Cc2ccccc2)CCO1. The van der Waals surface area contributed by atoms with Gasteiger partial charge >= 0.3 is 0 Å². The fourth-order valence-electron chi connectivity index (χ4n) is 3.50. The van der Waals surface area contributed by atoms with Gasteiger partial charge in [0, 0.05) is 32.3 Å². The molecule has 0 saturated carbocycles. The molecule has 6 heteroatoms. The van der Waals surface area contributed by atoms with E-state index in [1.807, 2.05) is 24.3 Å². The molecule has 2 aliphatic rings. The highest BCUT2D eigenvalue weighted by atomic mass is 16.6. The zero-order valence-corrected chi connectivity index (χ0v) is 16.4. The molecule has 2 aromatic carbocycles. The molecule has 29 heavy (non-hydrogen) atoms. The molecule has 0 bridgehead atoms. The van der Waals surface area contributed by atoms with Gasteiger partial charge in [-0.15, -0.1) is 0 Å². The van der Waals surface area contributed by atoms with Gasteiger partial charge in [0.15, 0.2) is 11.5 Å². The lowest BCUT2D eigenvalue weighted by atomic mass is 10.1. The molecule has 1 saturated heterocycles. The van der Waals surface area contributed by atoms with Gasteiger partial charge < -0.3 is 19.5 Å². The third-order valence-corrected chi connectivity index (χ3v) is 4.97. The number of benzene rings is 2. The number of nitrogens with one attached hydrogen (secondary N) is 1. The van der Waals surface area contributed by atoms with Crippen molar-refractivity contribution in [2.24, 2.45) is 0 Å². The second kappa shape index (κ2) is 9.58. The molecule has 152 valence electrons. The van der Waals surface area contributed by atoms with Gasteiger partial charge in [-0.1, -0.05) is 36.4 Å². The second-order valence-electron chi connectivity index (χ2n) is 7.20. The van der Waals surface area contributed by atoms with Crippen LogP contribution in [0.1, 0.15) is 11.1 Å². The number of morpholine rings is 1. The third-order valence-electron chi connectivity index (χ3n) is 4.97. The van der Waals surface area contributed by atoms with E-state index in [0.717, 1.165) is 30.9 Å². The lowest BCUT2D eigenvalue weighted by Crippen LogP contribution is -2.46. The van der Waals surface area contributed by atoms with Gasteiger partial charge in [-0.05, 0) is 29.3 Å². The first kappa shape index (κ1) is 19.5. The summed E-state index contributed by atoms with van der Waals surface area (Å²) in [5, 5.41) is 2.94. The second-order valence-corrected chi connectivity index (χ2v) is 7.20. The van der Waals surface area contributed by atoms with E-state index in [-0.39, 0.29) is 12.0 Å². The molecular weight excluding hydrogens is 368 g/mol. The number of carbonyl (C=O) groups excluding carboxylic acids is 1. The number of carbonyl (C=O) groups is 1. The van der Waals surface area contributed by atoms with Crippen LogP contribution in [0.25, 0.3) is 6.08 Å². The number of rotatable bonds is 6. The molecule has 2 heterocycles. The van der Waals surface area contributed by atoms with Crippen molar-refractivity contribution in [3.05, 3.63) is 65.7 Å². The molecule has 0 radical (unpaired) electrons. The fourth-order valence-corrected chi connectivity index (χ4v) is 3.50. The summed E-state index contributed by atoms with van der Waals surface area (Å²) in [7, 11) is 0. The van der Waals surface area contributed by atoms with Crippen LogP contribution in [0, 0.1) is 0 Å². The summed E-state index contributed by atoms with van der Waals surface area (Å²) in [6.45, 7) is 4.90. The van der Waals surface area contributed by atoms with E-state index >= 15 is 0 Å². The standard InChI is InChI=1S/C23H26N2O4/c26-23(9-7-18-6-8-21-22(14-18)29-13-12-28-21)24-15-20-17-25(10-11-27-20)16-19-4-2-1-3-5-19/h1-9,14,20H,10-13,15-17H2,(H,24,26)/b9-7+. The summed E-state index contributed by atoms with van der Waals surface area (Å²) < 4.78 is 16.9. The van der Waals surface area contributed by atoms with Gasteiger partial charge in [-0.2, -0.15) is 0 Å².